The van der Waals surface area contributed by atoms with Crippen LogP contribution >= 0.6 is 15.9 Å². The molecule has 1 aromatic carbocycles. The molecule has 16 heavy (non-hydrogen) atoms. The lowest BCUT2D eigenvalue weighted by Crippen LogP contribution is -2.28. The Morgan fingerprint density at radius 1 is 1.12 bits per heavy atom. The molecule has 0 bridgehead atoms. The van der Waals surface area contributed by atoms with E-state index >= 15 is 0 Å². The molecule has 0 spiro atoms. The zero-order valence-corrected chi connectivity index (χ0v) is 11.0. The molecule has 0 heterocycles. The summed E-state index contributed by atoms with van der Waals surface area (Å²) in [7, 11) is 0. The van der Waals surface area contributed by atoms with Crippen molar-refractivity contribution < 1.29 is 14.3 Å². The van der Waals surface area contributed by atoms with Gasteiger partial charge in [0.1, 0.15) is 5.60 Å². The van der Waals surface area contributed by atoms with Gasteiger partial charge < -0.3 is 4.74 Å². The van der Waals surface area contributed by atoms with E-state index < -0.39 is 17.4 Å². The van der Waals surface area contributed by atoms with Crippen LogP contribution in [-0.2, 0) is 9.53 Å². The third kappa shape index (κ3) is 3.77. The van der Waals surface area contributed by atoms with Crippen molar-refractivity contribution in [1.29, 1.82) is 0 Å². The van der Waals surface area contributed by atoms with Gasteiger partial charge in [-0.3, -0.25) is 4.79 Å². The molecule has 4 heteroatoms. The molecule has 1 aromatic rings. The van der Waals surface area contributed by atoms with E-state index in [1.807, 2.05) is 0 Å². The Balaban J connectivity index is 2.79. The monoisotopic (exact) mass is 284 g/mol. The van der Waals surface area contributed by atoms with E-state index in [1.165, 1.54) is 0 Å². The Kier molecular flexibility index (Phi) is 3.86. The van der Waals surface area contributed by atoms with Gasteiger partial charge in [-0.2, -0.15) is 0 Å². The highest BCUT2D eigenvalue weighted by Gasteiger charge is 2.23. The van der Waals surface area contributed by atoms with Crippen LogP contribution in [0.3, 0.4) is 0 Å². The molecule has 0 aliphatic carbocycles. The van der Waals surface area contributed by atoms with E-state index in [0.29, 0.717) is 5.56 Å². The highest BCUT2D eigenvalue weighted by molar-refractivity contribution is 9.10. The summed E-state index contributed by atoms with van der Waals surface area (Å²) < 4.78 is 5.84. The predicted molar refractivity (Wildman–Crippen MR) is 64.3 cm³/mol. The smallest absolute Gasteiger partial charge is 0.380 e. The van der Waals surface area contributed by atoms with Crippen molar-refractivity contribution in [3.63, 3.8) is 0 Å². The number of ether oxygens (including phenoxy) is 1. The summed E-state index contributed by atoms with van der Waals surface area (Å²) in [4.78, 5) is 23.1. The molecule has 86 valence electrons. The normalized spacial score (nSPS) is 11.0. The average molecular weight is 285 g/mol. The van der Waals surface area contributed by atoms with E-state index in [2.05, 4.69) is 15.9 Å². The van der Waals surface area contributed by atoms with E-state index in [0.717, 1.165) is 4.47 Å². The Labute approximate surface area is 103 Å². The van der Waals surface area contributed by atoms with Gasteiger partial charge in [0.15, 0.2) is 0 Å². The van der Waals surface area contributed by atoms with Crippen LogP contribution < -0.4 is 0 Å². The fourth-order valence-corrected chi connectivity index (χ4v) is 1.31. The van der Waals surface area contributed by atoms with Crippen LogP contribution in [0.25, 0.3) is 0 Å². The van der Waals surface area contributed by atoms with Crippen LogP contribution in [0.4, 0.5) is 0 Å². The number of hydrogen-bond donors (Lipinski definition) is 0. The minimum Gasteiger partial charge on any atom is -0.454 e. The maximum atomic E-state index is 11.6. The molecule has 3 nitrogen and oxygen atoms in total. The van der Waals surface area contributed by atoms with Crippen molar-refractivity contribution >= 4 is 27.7 Å². The molecule has 0 fully saturated rings. The molecule has 0 N–H and O–H groups in total. The molecule has 0 saturated carbocycles. The number of halogens is 1. The largest absolute Gasteiger partial charge is 0.454 e. The standard InChI is InChI=1S/C12H13BrO3/c1-12(2,3)16-11(15)10(14)8-4-6-9(13)7-5-8/h4-7H,1-3H3. The van der Waals surface area contributed by atoms with Gasteiger partial charge >= 0.3 is 5.97 Å². The highest BCUT2D eigenvalue weighted by atomic mass is 79.9. The first-order chi connectivity index (χ1) is 7.29. The van der Waals surface area contributed by atoms with Gasteiger partial charge in [-0.25, -0.2) is 4.79 Å². The third-order valence-corrected chi connectivity index (χ3v) is 2.22. The van der Waals surface area contributed by atoms with Gasteiger partial charge in [0.2, 0.25) is 0 Å². The molecule has 0 radical (unpaired) electrons. The Bertz CT molecular complexity index is 401. The topological polar surface area (TPSA) is 43.4 Å². The van der Waals surface area contributed by atoms with Crippen LogP contribution in [0.1, 0.15) is 31.1 Å². The second-order valence-electron chi connectivity index (χ2n) is 4.34. The molecular formula is C12H13BrO3. The zero-order valence-electron chi connectivity index (χ0n) is 9.41. The second kappa shape index (κ2) is 4.78. The summed E-state index contributed by atoms with van der Waals surface area (Å²) in [6.07, 6.45) is 0. The number of esters is 1. The van der Waals surface area contributed by atoms with Gasteiger partial charge in [0, 0.05) is 10.0 Å². The Morgan fingerprint density at radius 2 is 1.62 bits per heavy atom. The third-order valence-electron chi connectivity index (χ3n) is 1.69. The predicted octanol–water partition coefficient (Wildman–Crippen LogP) is 2.97. The summed E-state index contributed by atoms with van der Waals surface area (Å²) in [6, 6.07) is 6.57. The first kappa shape index (κ1) is 12.9. The van der Waals surface area contributed by atoms with Crippen molar-refractivity contribution in [2.45, 2.75) is 26.4 Å². The lowest BCUT2D eigenvalue weighted by Gasteiger charge is -2.18. The minimum absolute atomic E-state index is 0.331. The Hall–Kier alpha value is -1.16. The fourth-order valence-electron chi connectivity index (χ4n) is 1.04. The van der Waals surface area contributed by atoms with Gasteiger partial charge in [-0.05, 0) is 45.0 Å². The maximum Gasteiger partial charge on any atom is 0.380 e. The molecule has 0 saturated heterocycles. The summed E-state index contributed by atoms with van der Waals surface area (Å²) in [5.74, 6) is -1.45. The SMILES string of the molecule is CC(C)(C)OC(=O)C(=O)c1ccc(Br)cc1. The van der Waals surface area contributed by atoms with Crippen molar-refractivity contribution in [1.82, 2.24) is 0 Å². The summed E-state index contributed by atoms with van der Waals surface area (Å²) in [6.45, 7) is 5.17. The van der Waals surface area contributed by atoms with Crippen molar-refractivity contribution in [3.05, 3.63) is 34.3 Å². The summed E-state index contributed by atoms with van der Waals surface area (Å²) >= 11 is 3.25. The number of ketones is 1. The maximum absolute atomic E-state index is 11.6. The van der Waals surface area contributed by atoms with Crippen LogP contribution in [0.2, 0.25) is 0 Å². The van der Waals surface area contributed by atoms with Crippen molar-refractivity contribution in [2.24, 2.45) is 0 Å². The molecule has 0 amide bonds. The Morgan fingerprint density at radius 3 is 2.06 bits per heavy atom. The van der Waals surface area contributed by atoms with Gasteiger partial charge in [-0.15, -0.1) is 0 Å². The van der Waals surface area contributed by atoms with E-state index in [1.54, 1.807) is 45.0 Å². The highest BCUT2D eigenvalue weighted by Crippen LogP contribution is 2.13. The number of benzene rings is 1. The summed E-state index contributed by atoms with van der Waals surface area (Å²) in [5.41, 5.74) is -0.320. The number of hydrogen-bond acceptors (Lipinski definition) is 3. The van der Waals surface area contributed by atoms with Gasteiger partial charge in [0.05, 0.1) is 0 Å². The molecule has 0 aliphatic heterocycles. The van der Waals surface area contributed by atoms with E-state index in [-0.39, 0.29) is 0 Å². The lowest BCUT2D eigenvalue weighted by molar-refractivity contribution is -0.148. The molecule has 0 atom stereocenters. The van der Waals surface area contributed by atoms with E-state index in [4.69, 9.17) is 4.74 Å². The van der Waals surface area contributed by atoms with Crippen LogP contribution in [0, 0.1) is 0 Å². The average Bonchev–Trinajstić information content (AvgIpc) is 2.15. The van der Waals surface area contributed by atoms with Gasteiger partial charge in [0.25, 0.3) is 5.78 Å². The van der Waals surface area contributed by atoms with Crippen molar-refractivity contribution in [3.8, 4) is 0 Å². The number of rotatable bonds is 2. The molecule has 0 aliphatic rings. The number of carbonyl (C=O) groups excluding carboxylic acids is 2. The molecule has 0 aromatic heterocycles. The first-order valence-electron chi connectivity index (χ1n) is 4.83. The molecule has 1 rings (SSSR count). The number of Topliss-reactive ketones (excluding diaryl/α,β-unsaturated/α-hetero) is 1. The summed E-state index contributed by atoms with van der Waals surface area (Å²) in [5, 5.41) is 0. The van der Waals surface area contributed by atoms with E-state index in [9.17, 15) is 9.59 Å². The van der Waals surface area contributed by atoms with Crippen LogP contribution in [-0.4, -0.2) is 17.4 Å². The minimum atomic E-state index is -0.824. The molecule has 0 unspecified atom stereocenters. The lowest BCUT2D eigenvalue weighted by atomic mass is 10.1. The van der Waals surface area contributed by atoms with Gasteiger partial charge in [-0.1, -0.05) is 15.9 Å². The number of carbonyl (C=O) groups is 2. The van der Waals surface area contributed by atoms with Crippen molar-refractivity contribution in [2.75, 3.05) is 0 Å². The van der Waals surface area contributed by atoms with Crippen LogP contribution in [0.15, 0.2) is 28.7 Å². The second-order valence-corrected chi connectivity index (χ2v) is 5.25. The van der Waals surface area contributed by atoms with Crippen LogP contribution in [0.5, 0.6) is 0 Å². The fraction of sp³-hybridized carbons (Fsp3) is 0.333. The molecular weight excluding hydrogens is 272 g/mol. The zero-order chi connectivity index (χ0) is 12.3. The first-order valence-corrected chi connectivity index (χ1v) is 5.62. The quantitative estimate of drug-likeness (QED) is 0.476.